The van der Waals surface area contributed by atoms with Crippen LogP contribution in [0.3, 0.4) is 0 Å². The van der Waals surface area contributed by atoms with Crippen LogP contribution in [-0.2, 0) is 4.74 Å². The normalized spacial score (nSPS) is 21.6. The molecule has 17 heavy (non-hydrogen) atoms. The molecule has 1 rings (SSSR count). The van der Waals surface area contributed by atoms with E-state index < -0.39 is 0 Å². The highest BCUT2D eigenvalue weighted by molar-refractivity contribution is 4.87. The van der Waals surface area contributed by atoms with Gasteiger partial charge in [0.25, 0.3) is 0 Å². The molecule has 1 fully saturated rings. The fourth-order valence-electron chi connectivity index (χ4n) is 2.29. The van der Waals surface area contributed by atoms with Gasteiger partial charge in [-0.3, -0.25) is 0 Å². The maximum atomic E-state index is 5.44. The maximum Gasteiger partial charge on any atom is 0.0672 e. The topological polar surface area (TPSA) is 24.5 Å². The molecule has 0 spiro atoms. The second-order valence-electron chi connectivity index (χ2n) is 5.18. The molecule has 3 nitrogen and oxygen atoms in total. The summed E-state index contributed by atoms with van der Waals surface area (Å²) in [5.74, 6) is 0. The lowest BCUT2D eigenvalue weighted by Crippen LogP contribution is -2.38. The molecular formula is C14H28N2O. The van der Waals surface area contributed by atoms with Crippen LogP contribution in [0.25, 0.3) is 0 Å². The quantitative estimate of drug-likeness (QED) is 0.519. The number of rotatable bonds is 8. The van der Waals surface area contributed by atoms with Gasteiger partial charge in [0.2, 0.25) is 0 Å². The third kappa shape index (κ3) is 6.81. The molecule has 0 aromatic rings. The van der Waals surface area contributed by atoms with Crippen LogP contribution in [0, 0.1) is 0 Å². The average Bonchev–Trinajstić information content (AvgIpc) is 2.30. The first-order valence-electron chi connectivity index (χ1n) is 6.83. The Morgan fingerprint density at radius 3 is 2.94 bits per heavy atom. The van der Waals surface area contributed by atoms with Crippen molar-refractivity contribution in [2.45, 2.75) is 38.6 Å². The minimum Gasteiger partial charge on any atom is -0.376 e. The fourth-order valence-corrected chi connectivity index (χ4v) is 2.29. The Hall–Kier alpha value is -0.380. The Labute approximate surface area is 106 Å². The first-order chi connectivity index (χ1) is 8.20. The minimum atomic E-state index is 0.688. The summed E-state index contributed by atoms with van der Waals surface area (Å²) < 4.78 is 5.44. The number of hydrogen-bond donors (Lipinski definition) is 1. The molecule has 0 radical (unpaired) electrons. The van der Waals surface area contributed by atoms with Gasteiger partial charge in [0, 0.05) is 12.6 Å². The van der Waals surface area contributed by atoms with Crippen LogP contribution in [-0.4, -0.2) is 50.8 Å². The van der Waals surface area contributed by atoms with Crippen LogP contribution < -0.4 is 5.32 Å². The van der Waals surface area contributed by atoms with Crippen molar-refractivity contribution in [3.05, 3.63) is 12.2 Å². The van der Waals surface area contributed by atoms with E-state index in [1.54, 1.807) is 0 Å². The van der Waals surface area contributed by atoms with Crippen molar-refractivity contribution in [2.24, 2.45) is 0 Å². The lowest BCUT2D eigenvalue weighted by molar-refractivity contribution is 0.153. The molecule has 1 unspecified atom stereocenters. The Morgan fingerprint density at radius 2 is 2.24 bits per heavy atom. The van der Waals surface area contributed by atoms with Gasteiger partial charge in [0.15, 0.2) is 0 Å². The van der Waals surface area contributed by atoms with Crippen LogP contribution in [0.5, 0.6) is 0 Å². The van der Waals surface area contributed by atoms with Crippen molar-refractivity contribution in [3.63, 3.8) is 0 Å². The fraction of sp³-hybridized carbons (Fsp3) is 0.857. The summed E-state index contributed by atoms with van der Waals surface area (Å²) in [6.07, 6.45) is 5.40. The Balaban J connectivity index is 1.91. The van der Waals surface area contributed by atoms with Crippen LogP contribution >= 0.6 is 0 Å². The Kier molecular flexibility index (Phi) is 7.49. The van der Waals surface area contributed by atoms with E-state index >= 15 is 0 Å². The van der Waals surface area contributed by atoms with Crippen molar-refractivity contribution in [3.8, 4) is 0 Å². The van der Waals surface area contributed by atoms with Gasteiger partial charge in [-0.05, 0) is 46.3 Å². The van der Waals surface area contributed by atoms with E-state index in [0.29, 0.717) is 6.61 Å². The summed E-state index contributed by atoms with van der Waals surface area (Å²) in [4.78, 5) is 2.50. The number of likely N-dealkylation sites (tertiary alicyclic amines) is 1. The molecular weight excluding hydrogens is 212 g/mol. The van der Waals surface area contributed by atoms with Crippen LogP contribution in [0.15, 0.2) is 12.2 Å². The number of hydrogen-bond acceptors (Lipinski definition) is 3. The summed E-state index contributed by atoms with van der Waals surface area (Å²) in [6.45, 7) is 10.6. The number of nitrogens with one attached hydrogen (secondary N) is 1. The van der Waals surface area contributed by atoms with Gasteiger partial charge in [0.05, 0.1) is 13.2 Å². The second-order valence-corrected chi connectivity index (χ2v) is 5.18. The molecule has 0 amide bonds. The first kappa shape index (κ1) is 14.7. The molecule has 3 heteroatoms. The largest absolute Gasteiger partial charge is 0.376 e. The van der Waals surface area contributed by atoms with Gasteiger partial charge in [0.1, 0.15) is 0 Å². The van der Waals surface area contributed by atoms with Gasteiger partial charge in [-0.2, -0.15) is 0 Å². The van der Waals surface area contributed by atoms with Gasteiger partial charge in [-0.1, -0.05) is 18.6 Å². The molecule has 0 saturated carbocycles. The Bertz CT molecular complexity index is 218. The summed E-state index contributed by atoms with van der Waals surface area (Å²) >= 11 is 0. The monoisotopic (exact) mass is 240 g/mol. The molecule has 1 aliphatic rings. The molecule has 1 atom stereocenters. The molecule has 0 aliphatic carbocycles. The van der Waals surface area contributed by atoms with Crippen LogP contribution in [0.4, 0.5) is 0 Å². The number of ether oxygens (including phenoxy) is 1. The summed E-state index contributed by atoms with van der Waals surface area (Å²) in [5, 5.41) is 3.45. The second kappa shape index (κ2) is 8.67. The van der Waals surface area contributed by atoms with Crippen molar-refractivity contribution in [1.82, 2.24) is 10.2 Å². The zero-order chi connectivity index (χ0) is 12.5. The van der Waals surface area contributed by atoms with E-state index in [-0.39, 0.29) is 0 Å². The number of nitrogens with zero attached hydrogens (tertiary/aromatic N) is 1. The van der Waals surface area contributed by atoms with E-state index in [9.17, 15) is 0 Å². The highest BCUT2D eigenvalue weighted by atomic mass is 16.5. The highest BCUT2D eigenvalue weighted by Crippen LogP contribution is 2.16. The highest BCUT2D eigenvalue weighted by Gasteiger charge is 2.17. The molecule has 0 bridgehead atoms. The van der Waals surface area contributed by atoms with Gasteiger partial charge >= 0.3 is 0 Å². The Morgan fingerprint density at radius 1 is 1.41 bits per heavy atom. The predicted octanol–water partition coefficient (Wildman–Crippen LogP) is 2.04. The maximum absolute atomic E-state index is 5.44. The zero-order valence-electron chi connectivity index (χ0n) is 11.5. The van der Waals surface area contributed by atoms with Crippen molar-refractivity contribution >= 4 is 0 Å². The van der Waals surface area contributed by atoms with E-state index in [1.807, 2.05) is 6.92 Å². The standard InChI is InChI=1S/C14H28N2O/c1-13(2)12-17-11-9-15-8-7-14-6-4-5-10-16(14)3/h14-15H,1,4-12H2,2-3H3. The zero-order valence-corrected chi connectivity index (χ0v) is 11.5. The molecule has 1 heterocycles. The van der Waals surface area contributed by atoms with Crippen LogP contribution in [0.1, 0.15) is 32.6 Å². The SMILES string of the molecule is C=C(C)COCCNCCC1CCCCN1C. The third-order valence-electron chi connectivity index (χ3n) is 3.35. The van der Waals surface area contributed by atoms with Crippen LogP contribution in [0.2, 0.25) is 0 Å². The molecule has 1 N–H and O–H groups in total. The summed E-state index contributed by atoms with van der Waals surface area (Å²) in [7, 11) is 2.25. The summed E-state index contributed by atoms with van der Waals surface area (Å²) in [6, 6.07) is 0.785. The lowest BCUT2D eigenvalue weighted by atomic mass is 10.0. The molecule has 0 aromatic heterocycles. The van der Waals surface area contributed by atoms with Crippen molar-refractivity contribution in [1.29, 1.82) is 0 Å². The minimum absolute atomic E-state index is 0.688. The van der Waals surface area contributed by atoms with Gasteiger partial charge < -0.3 is 15.0 Å². The van der Waals surface area contributed by atoms with E-state index in [2.05, 4.69) is 23.8 Å². The van der Waals surface area contributed by atoms with Gasteiger partial charge in [-0.25, -0.2) is 0 Å². The van der Waals surface area contributed by atoms with Gasteiger partial charge in [-0.15, -0.1) is 0 Å². The molecule has 100 valence electrons. The number of piperidine rings is 1. The van der Waals surface area contributed by atoms with Crippen molar-refractivity contribution in [2.75, 3.05) is 39.9 Å². The average molecular weight is 240 g/mol. The molecule has 1 aliphatic heterocycles. The first-order valence-corrected chi connectivity index (χ1v) is 6.83. The van der Waals surface area contributed by atoms with E-state index in [1.165, 1.54) is 32.2 Å². The van der Waals surface area contributed by atoms with Crippen molar-refractivity contribution < 1.29 is 4.74 Å². The smallest absolute Gasteiger partial charge is 0.0672 e. The predicted molar refractivity (Wildman–Crippen MR) is 73.4 cm³/mol. The van der Waals surface area contributed by atoms with E-state index in [0.717, 1.165) is 31.3 Å². The van der Waals surface area contributed by atoms with E-state index in [4.69, 9.17) is 4.74 Å². The molecule has 0 aromatic carbocycles. The third-order valence-corrected chi connectivity index (χ3v) is 3.35. The molecule has 1 saturated heterocycles. The lowest BCUT2D eigenvalue weighted by Gasteiger charge is -2.32. The summed E-state index contributed by atoms with van der Waals surface area (Å²) in [5.41, 5.74) is 1.09.